The topological polar surface area (TPSA) is 36.1 Å². The maximum absolute atomic E-state index is 11.7. The van der Waals surface area contributed by atoms with Gasteiger partial charge >= 0.3 is 0 Å². The summed E-state index contributed by atoms with van der Waals surface area (Å²) in [6, 6.07) is 4.58. The van der Waals surface area contributed by atoms with Crippen molar-refractivity contribution in [1.82, 2.24) is 9.88 Å². The fourth-order valence-electron chi connectivity index (χ4n) is 3.45. The zero-order chi connectivity index (χ0) is 13.7. The van der Waals surface area contributed by atoms with Gasteiger partial charge < -0.3 is 9.88 Å². The first-order chi connectivity index (χ1) is 8.99. The van der Waals surface area contributed by atoms with Crippen molar-refractivity contribution in [3.05, 3.63) is 34.5 Å². The molecule has 1 aromatic heterocycles. The Bertz CT molecular complexity index is 669. The Kier molecular flexibility index (Phi) is 2.66. The maximum Gasteiger partial charge on any atom is 0.220 e. The Morgan fingerprint density at radius 1 is 1.37 bits per heavy atom. The molecule has 0 bridgehead atoms. The highest BCUT2D eigenvalue weighted by atomic mass is 16.2. The number of rotatable bonds is 0. The maximum atomic E-state index is 11.7. The minimum atomic E-state index is 0.147. The van der Waals surface area contributed by atoms with Gasteiger partial charge in [0.05, 0.1) is 6.04 Å². The highest BCUT2D eigenvalue weighted by Gasteiger charge is 2.28. The normalized spacial score (nSPS) is 18.7. The SMILES string of the molecule is CC(=O)N1CCc2c([nH]c3cc(C)cc(C)c23)C1C. The number of carbonyl (C=O) groups is 1. The van der Waals surface area contributed by atoms with Crippen LogP contribution in [0.5, 0.6) is 0 Å². The van der Waals surface area contributed by atoms with Crippen molar-refractivity contribution in [2.75, 3.05) is 6.54 Å². The van der Waals surface area contributed by atoms with Gasteiger partial charge in [0.2, 0.25) is 5.91 Å². The molecule has 1 aliphatic heterocycles. The molecule has 1 unspecified atom stereocenters. The van der Waals surface area contributed by atoms with Crippen LogP contribution in [0.2, 0.25) is 0 Å². The van der Waals surface area contributed by atoms with Crippen LogP contribution < -0.4 is 0 Å². The Balaban J connectivity index is 2.22. The molecule has 2 aromatic rings. The third kappa shape index (κ3) is 1.76. The quantitative estimate of drug-likeness (QED) is 0.771. The molecule has 100 valence electrons. The Labute approximate surface area is 113 Å². The summed E-state index contributed by atoms with van der Waals surface area (Å²) in [5.41, 5.74) is 6.43. The molecule has 0 aliphatic carbocycles. The third-order valence-corrected chi connectivity index (χ3v) is 4.27. The number of nitrogens with one attached hydrogen (secondary N) is 1. The van der Waals surface area contributed by atoms with Crippen LogP contribution >= 0.6 is 0 Å². The van der Waals surface area contributed by atoms with Gasteiger partial charge in [0.25, 0.3) is 0 Å². The summed E-state index contributed by atoms with van der Waals surface area (Å²) in [5.74, 6) is 0.157. The van der Waals surface area contributed by atoms with Gasteiger partial charge in [-0.1, -0.05) is 6.07 Å². The summed E-state index contributed by atoms with van der Waals surface area (Å²) >= 11 is 0. The summed E-state index contributed by atoms with van der Waals surface area (Å²) in [6.45, 7) is 8.88. The second-order valence-electron chi connectivity index (χ2n) is 5.66. The van der Waals surface area contributed by atoms with Gasteiger partial charge in [-0.3, -0.25) is 4.79 Å². The average molecular weight is 256 g/mol. The van der Waals surface area contributed by atoms with Crippen LogP contribution in [0.1, 0.15) is 42.3 Å². The first-order valence-corrected chi connectivity index (χ1v) is 6.88. The number of amides is 1. The molecule has 0 radical (unpaired) electrons. The van der Waals surface area contributed by atoms with Gasteiger partial charge in [-0.05, 0) is 49.9 Å². The minimum Gasteiger partial charge on any atom is -0.356 e. The molecule has 0 fully saturated rings. The zero-order valence-corrected chi connectivity index (χ0v) is 12.0. The van der Waals surface area contributed by atoms with Crippen LogP contribution in [0, 0.1) is 13.8 Å². The fraction of sp³-hybridized carbons (Fsp3) is 0.438. The van der Waals surface area contributed by atoms with Gasteiger partial charge in [0.1, 0.15) is 0 Å². The molecular weight excluding hydrogens is 236 g/mol. The molecule has 0 spiro atoms. The predicted molar refractivity (Wildman–Crippen MR) is 77.3 cm³/mol. The number of carbonyl (C=O) groups excluding carboxylic acids is 1. The molecule has 3 rings (SSSR count). The van der Waals surface area contributed by atoms with Crippen LogP contribution in [0.4, 0.5) is 0 Å². The Morgan fingerprint density at radius 2 is 2.11 bits per heavy atom. The van der Waals surface area contributed by atoms with Crippen molar-refractivity contribution >= 4 is 16.8 Å². The van der Waals surface area contributed by atoms with Gasteiger partial charge in [-0.15, -0.1) is 0 Å². The van der Waals surface area contributed by atoms with E-state index in [2.05, 4.69) is 37.9 Å². The number of aryl methyl sites for hydroxylation is 2. The van der Waals surface area contributed by atoms with Crippen LogP contribution in [-0.4, -0.2) is 22.3 Å². The molecule has 1 N–H and O–H groups in total. The van der Waals surface area contributed by atoms with Crippen molar-refractivity contribution in [1.29, 1.82) is 0 Å². The average Bonchev–Trinajstić information content (AvgIpc) is 2.68. The van der Waals surface area contributed by atoms with Crippen LogP contribution in [0.25, 0.3) is 10.9 Å². The molecule has 1 atom stereocenters. The molecular formula is C16H20N2O. The molecule has 0 saturated heterocycles. The van der Waals surface area contributed by atoms with Crippen molar-refractivity contribution in [3.8, 4) is 0 Å². The molecule has 1 aromatic carbocycles. The number of nitrogens with zero attached hydrogens (tertiary/aromatic N) is 1. The number of aromatic nitrogens is 1. The largest absolute Gasteiger partial charge is 0.356 e. The van der Waals surface area contributed by atoms with Crippen LogP contribution in [-0.2, 0) is 11.2 Å². The molecule has 3 nitrogen and oxygen atoms in total. The highest BCUT2D eigenvalue weighted by Crippen LogP contribution is 2.36. The molecule has 1 amide bonds. The second-order valence-corrected chi connectivity index (χ2v) is 5.66. The van der Waals surface area contributed by atoms with E-state index < -0.39 is 0 Å². The first kappa shape index (κ1) is 12.3. The van der Waals surface area contributed by atoms with E-state index in [1.807, 2.05) is 4.90 Å². The molecule has 1 aliphatic rings. The number of benzene rings is 1. The van der Waals surface area contributed by atoms with Gasteiger partial charge in [0, 0.05) is 30.1 Å². The van der Waals surface area contributed by atoms with Gasteiger partial charge in [-0.25, -0.2) is 0 Å². The van der Waals surface area contributed by atoms with E-state index in [0.717, 1.165) is 13.0 Å². The smallest absolute Gasteiger partial charge is 0.220 e. The predicted octanol–water partition coefficient (Wildman–Crippen LogP) is 3.25. The number of fused-ring (bicyclic) bond motifs is 3. The summed E-state index contributed by atoms with van der Waals surface area (Å²) in [6.07, 6.45) is 0.948. The molecule has 2 heterocycles. The van der Waals surface area contributed by atoms with Crippen molar-refractivity contribution in [2.45, 2.75) is 40.2 Å². The second kappa shape index (κ2) is 4.12. The number of aromatic amines is 1. The lowest BCUT2D eigenvalue weighted by atomic mass is 9.95. The molecule has 0 saturated carbocycles. The lowest BCUT2D eigenvalue weighted by Gasteiger charge is -2.32. The summed E-state index contributed by atoms with van der Waals surface area (Å²) in [7, 11) is 0. The van der Waals surface area contributed by atoms with E-state index in [9.17, 15) is 4.79 Å². The fourth-order valence-corrected chi connectivity index (χ4v) is 3.45. The lowest BCUT2D eigenvalue weighted by molar-refractivity contribution is -0.131. The van der Waals surface area contributed by atoms with E-state index in [1.54, 1.807) is 6.92 Å². The third-order valence-electron chi connectivity index (χ3n) is 4.27. The molecule has 3 heteroatoms. The van der Waals surface area contributed by atoms with E-state index in [-0.39, 0.29) is 11.9 Å². The summed E-state index contributed by atoms with van der Waals surface area (Å²) < 4.78 is 0. The van der Waals surface area contributed by atoms with E-state index in [0.29, 0.717) is 0 Å². The number of H-pyrrole nitrogens is 1. The first-order valence-electron chi connectivity index (χ1n) is 6.88. The van der Waals surface area contributed by atoms with Crippen molar-refractivity contribution in [2.24, 2.45) is 0 Å². The van der Waals surface area contributed by atoms with Crippen molar-refractivity contribution in [3.63, 3.8) is 0 Å². The monoisotopic (exact) mass is 256 g/mol. The van der Waals surface area contributed by atoms with Crippen molar-refractivity contribution < 1.29 is 4.79 Å². The van der Waals surface area contributed by atoms with E-state index >= 15 is 0 Å². The Hall–Kier alpha value is -1.77. The zero-order valence-electron chi connectivity index (χ0n) is 12.0. The standard InChI is InChI=1S/C16H20N2O/c1-9-7-10(2)15-13-5-6-18(12(4)19)11(3)16(13)17-14(15)8-9/h7-8,11,17H,5-6H2,1-4H3. The lowest BCUT2D eigenvalue weighted by Crippen LogP contribution is -2.37. The van der Waals surface area contributed by atoms with Crippen LogP contribution in [0.15, 0.2) is 12.1 Å². The number of hydrogen-bond acceptors (Lipinski definition) is 1. The summed E-state index contributed by atoms with van der Waals surface area (Å²) in [5, 5.41) is 1.36. The highest BCUT2D eigenvalue weighted by molar-refractivity contribution is 5.89. The summed E-state index contributed by atoms with van der Waals surface area (Å²) in [4.78, 5) is 17.2. The van der Waals surface area contributed by atoms with Gasteiger partial charge in [-0.2, -0.15) is 0 Å². The molecule has 19 heavy (non-hydrogen) atoms. The number of hydrogen-bond donors (Lipinski definition) is 1. The minimum absolute atomic E-state index is 0.147. The Morgan fingerprint density at radius 3 is 2.79 bits per heavy atom. The van der Waals surface area contributed by atoms with Gasteiger partial charge in [0.15, 0.2) is 0 Å². The van der Waals surface area contributed by atoms with Crippen LogP contribution in [0.3, 0.4) is 0 Å². The van der Waals surface area contributed by atoms with E-state index in [4.69, 9.17) is 0 Å². The van der Waals surface area contributed by atoms with E-state index in [1.165, 1.54) is 33.3 Å².